The first-order valence-corrected chi connectivity index (χ1v) is 7.35. The molecule has 0 aliphatic carbocycles. The van der Waals surface area contributed by atoms with E-state index in [2.05, 4.69) is 13.2 Å². The molecule has 0 radical (unpaired) electrons. The van der Waals surface area contributed by atoms with E-state index >= 15 is 0 Å². The van der Waals surface area contributed by atoms with Gasteiger partial charge in [0.05, 0.1) is 6.61 Å². The summed E-state index contributed by atoms with van der Waals surface area (Å²) >= 11 is 0. The van der Waals surface area contributed by atoms with Gasteiger partial charge in [-0.05, 0) is 25.8 Å². The third kappa shape index (κ3) is 5.18. The lowest BCUT2D eigenvalue weighted by Gasteiger charge is -2.13. The number of hydrogen-bond acceptors (Lipinski definition) is 4. The first kappa shape index (κ1) is 18.3. The van der Waals surface area contributed by atoms with Crippen LogP contribution in [-0.2, 0) is 22.4 Å². The van der Waals surface area contributed by atoms with Gasteiger partial charge in [-0.2, -0.15) is 0 Å². The van der Waals surface area contributed by atoms with E-state index in [1.54, 1.807) is 31.2 Å². The maximum absolute atomic E-state index is 11.2. The topological polar surface area (TPSA) is 66.8 Å². The average molecular weight is 314 g/mol. The molecule has 23 heavy (non-hydrogen) atoms. The van der Waals surface area contributed by atoms with Gasteiger partial charge in [0, 0.05) is 22.8 Å². The highest BCUT2D eigenvalue weighted by molar-refractivity contribution is 5.82. The normalized spacial score (nSPS) is 11.0. The van der Waals surface area contributed by atoms with E-state index in [-0.39, 0.29) is 11.5 Å². The number of carbonyl (C=O) groups is 1. The van der Waals surface area contributed by atoms with Crippen LogP contribution in [0.5, 0.6) is 11.5 Å². The van der Waals surface area contributed by atoms with Crippen LogP contribution in [0.25, 0.3) is 6.08 Å². The molecule has 0 aliphatic rings. The molecule has 0 aliphatic heterocycles. The summed E-state index contributed by atoms with van der Waals surface area (Å²) in [5.41, 5.74) is 1.65. The summed E-state index contributed by atoms with van der Waals surface area (Å²) in [4.78, 5) is 11.2. The van der Waals surface area contributed by atoms with Crippen molar-refractivity contribution in [2.24, 2.45) is 0 Å². The van der Waals surface area contributed by atoms with Gasteiger partial charge < -0.3 is 14.9 Å². The van der Waals surface area contributed by atoms with Crippen molar-refractivity contribution in [2.45, 2.75) is 19.8 Å². The molecule has 1 aromatic carbocycles. The second kappa shape index (κ2) is 9.30. The highest BCUT2D eigenvalue weighted by atomic mass is 16.5. The molecule has 122 valence electrons. The molecular weight excluding hydrogens is 292 g/mol. The van der Waals surface area contributed by atoms with Crippen LogP contribution >= 0.6 is 0 Å². The summed E-state index contributed by atoms with van der Waals surface area (Å²) in [5.74, 6) is -0.259. The fourth-order valence-corrected chi connectivity index (χ4v) is 2.10. The lowest BCUT2D eigenvalue weighted by atomic mass is 9.96. The summed E-state index contributed by atoms with van der Waals surface area (Å²) < 4.78 is 4.78. The van der Waals surface area contributed by atoms with E-state index in [1.807, 2.05) is 0 Å². The Bertz CT molecular complexity index is 639. The molecule has 1 rings (SSSR count). The van der Waals surface area contributed by atoms with E-state index in [0.717, 1.165) is 0 Å². The van der Waals surface area contributed by atoms with Crippen LogP contribution in [0.15, 0.2) is 49.6 Å². The van der Waals surface area contributed by atoms with Crippen LogP contribution in [0.1, 0.15) is 23.6 Å². The van der Waals surface area contributed by atoms with Gasteiger partial charge in [0.25, 0.3) is 0 Å². The number of aromatic hydroxyl groups is 2. The molecule has 4 heteroatoms. The SMILES string of the molecule is C=CCc1cc(O)c(CC=C)c(C=CC=CC(=O)OCC)c1O. The number of rotatable bonds is 8. The highest BCUT2D eigenvalue weighted by Gasteiger charge is 2.14. The third-order valence-electron chi connectivity index (χ3n) is 3.11. The molecule has 1 aromatic rings. The van der Waals surface area contributed by atoms with Gasteiger partial charge in [-0.15, -0.1) is 13.2 Å². The van der Waals surface area contributed by atoms with Crippen molar-refractivity contribution in [1.82, 2.24) is 0 Å². The number of esters is 1. The molecule has 0 amide bonds. The summed E-state index contributed by atoms with van der Waals surface area (Å²) in [6, 6.07) is 1.53. The van der Waals surface area contributed by atoms with E-state index in [9.17, 15) is 15.0 Å². The molecule has 0 saturated heterocycles. The number of ether oxygens (including phenoxy) is 1. The number of allylic oxidation sites excluding steroid dienone is 4. The molecule has 0 heterocycles. The van der Waals surface area contributed by atoms with Crippen molar-refractivity contribution in [1.29, 1.82) is 0 Å². The van der Waals surface area contributed by atoms with Gasteiger partial charge in [0.2, 0.25) is 0 Å². The third-order valence-corrected chi connectivity index (χ3v) is 3.11. The van der Waals surface area contributed by atoms with Crippen LogP contribution in [-0.4, -0.2) is 22.8 Å². The summed E-state index contributed by atoms with van der Waals surface area (Å²) in [7, 11) is 0. The Morgan fingerprint density at radius 2 is 1.91 bits per heavy atom. The van der Waals surface area contributed by atoms with Crippen LogP contribution in [0.2, 0.25) is 0 Å². The molecule has 0 atom stereocenters. The smallest absolute Gasteiger partial charge is 0.330 e. The zero-order valence-electron chi connectivity index (χ0n) is 13.3. The molecular formula is C19H22O4. The molecule has 0 fully saturated rings. The van der Waals surface area contributed by atoms with E-state index in [0.29, 0.717) is 36.1 Å². The van der Waals surface area contributed by atoms with Crippen molar-refractivity contribution in [2.75, 3.05) is 6.61 Å². The fourth-order valence-electron chi connectivity index (χ4n) is 2.10. The summed E-state index contributed by atoms with van der Waals surface area (Å²) in [6.07, 6.45) is 10.2. The second-order valence-corrected chi connectivity index (χ2v) is 4.75. The largest absolute Gasteiger partial charge is 0.508 e. The van der Waals surface area contributed by atoms with Crippen LogP contribution in [0, 0.1) is 0 Å². The number of phenols is 2. The first-order valence-electron chi connectivity index (χ1n) is 7.35. The Morgan fingerprint density at radius 1 is 1.22 bits per heavy atom. The van der Waals surface area contributed by atoms with Gasteiger partial charge in [0.1, 0.15) is 11.5 Å². The van der Waals surface area contributed by atoms with Gasteiger partial charge in [-0.25, -0.2) is 4.79 Å². The van der Waals surface area contributed by atoms with E-state index in [4.69, 9.17) is 4.74 Å². The predicted octanol–water partition coefficient (Wildman–Crippen LogP) is 3.69. The van der Waals surface area contributed by atoms with Gasteiger partial charge in [0.15, 0.2) is 0 Å². The van der Waals surface area contributed by atoms with Crippen molar-refractivity contribution in [3.8, 4) is 11.5 Å². The summed E-state index contributed by atoms with van der Waals surface area (Å²) in [5, 5.41) is 20.5. The second-order valence-electron chi connectivity index (χ2n) is 4.75. The quantitative estimate of drug-likeness (QED) is 0.252. The molecule has 2 N–H and O–H groups in total. The van der Waals surface area contributed by atoms with Crippen molar-refractivity contribution in [3.05, 3.63) is 66.3 Å². The minimum Gasteiger partial charge on any atom is -0.508 e. The van der Waals surface area contributed by atoms with E-state index in [1.165, 1.54) is 18.2 Å². The monoisotopic (exact) mass is 314 g/mol. The lowest BCUT2D eigenvalue weighted by molar-refractivity contribution is -0.137. The Balaban J connectivity index is 3.17. The minimum atomic E-state index is -0.434. The van der Waals surface area contributed by atoms with Crippen LogP contribution < -0.4 is 0 Å². The molecule has 0 saturated carbocycles. The molecule has 0 unspecified atom stereocenters. The zero-order valence-corrected chi connectivity index (χ0v) is 13.3. The zero-order chi connectivity index (χ0) is 17.2. The van der Waals surface area contributed by atoms with Crippen molar-refractivity contribution < 1.29 is 19.7 Å². The van der Waals surface area contributed by atoms with Gasteiger partial charge in [-0.1, -0.05) is 30.4 Å². The van der Waals surface area contributed by atoms with Crippen molar-refractivity contribution >= 4 is 12.0 Å². The first-order chi connectivity index (χ1) is 11.0. The number of phenolic OH excluding ortho intramolecular Hbond substituents is 2. The molecule has 4 nitrogen and oxygen atoms in total. The fraction of sp³-hybridized carbons (Fsp3) is 0.211. The maximum Gasteiger partial charge on any atom is 0.330 e. The lowest BCUT2D eigenvalue weighted by Crippen LogP contribution is -1.98. The van der Waals surface area contributed by atoms with E-state index < -0.39 is 5.97 Å². The Hall–Kier alpha value is -2.75. The van der Waals surface area contributed by atoms with Crippen molar-refractivity contribution in [3.63, 3.8) is 0 Å². The Morgan fingerprint density at radius 3 is 2.52 bits per heavy atom. The van der Waals surface area contributed by atoms with Gasteiger partial charge in [-0.3, -0.25) is 0 Å². The molecule has 0 bridgehead atoms. The van der Waals surface area contributed by atoms with Crippen LogP contribution in [0.4, 0.5) is 0 Å². The highest BCUT2D eigenvalue weighted by Crippen LogP contribution is 2.35. The number of carbonyl (C=O) groups excluding carboxylic acids is 1. The Kier molecular flexibility index (Phi) is 7.40. The minimum absolute atomic E-state index is 0.0836. The predicted molar refractivity (Wildman–Crippen MR) is 92.4 cm³/mol. The maximum atomic E-state index is 11.2. The Labute approximate surface area is 136 Å². The standard InChI is InChI=1S/C19H22O4/c1-4-9-14-13-17(20)15(10-5-2)16(19(14)22)11-7-8-12-18(21)23-6-3/h4-5,7-8,11-13,20,22H,1-2,6,9-10H2,3H3. The molecule has 0 spiro atoms. The number of hydrogen-bond donors (Lipinski definition) is 2. The number of benzene rings is 1. The summed E-state index contributed by atoms with van der Waals surface area (Å²) in [6.45, 7) is 9.34. The molecule has 0 aromatic heterocycles. The van der Waals surface area contributed by atoms with Gasteiger partial charge >= 0.3 is 5.97 Å². The average Bonchev–Trinajstić information content (AvgIpc) is 2.51. The van der Waals surface area contributed by atoms with Crippen LogP contribution in [0.3, 0.4) is 0 Å².